The van der Waals surface area contributed by atoms with E-state index in [0.717, 1.165) is 22.2 Å². The molecule has 6 rings (SSSR count). The Balaban J connectivity index is 1.59. The minimum Gasteiger partial charge on any atom is -0.497 e. The highest BCUT2D eigenvalue weighted by molar-refractivity contribution is 8.21. The number of amides is 1. The number of methoxy groups -OCH3 is 1. The number of hydrogen-bond donors (Lipinski definition) is 2. The van der Waals surface area contributed by atoms with Gasteiger partial charge in [0.25, 0.3) is 5.91 Å². The molecule has 5 aromatic rings. The van der Waals surface area contributed by atoms with E-state index in [2.05, 4.69) is 16.9 Å². The van der Waals surface area contributed by atoms with Gasteiger partial charge >= 0.3 is 0 Å². The molecule has 1 aliphatic rings. The van der Waals surface area contributed by atoms with Crippen LogP contribution in [0.25, 0.3) is 0 Å². The number of nitrogens with zero attached hydrogens (tertiary/aromatic N) is 1. The van der Waals surface area contributed by atoms with E-state index in [1.807, 2.05) is 84.9 Å². The van der Waals surface area contributed by atoms with E-state index >= 15 is 4.79 Å². The minimum absolute atomic E-state index is 0.126. The first-order valence-corrected chi connectivity index (χ1v) is 17.7. The lowest BCUT2D eigenvalue weighted by atomic mass is 9.92. The summed E-state index contributed by atoms with van der Waals surface area (Å²) in [5, 5.41) is 5.60. The lowest BCUT2D eigenvalue weighted by molar-refractivity contribution is -0.121. The molecule has 5 aromatic carbocycles. The summed E-state index contributed by atoms with van der Waals surface area (Å²) < 4.78 is 19.9. The highest BCUT2D eigenvalue weighted by Crippen LogP contribution is 2.50. The predicted molar refractivity (Wildman–Crippen MR) is 190 cm³/mol. The number of anilines is 2. The van der Waals surface area contributed by atoms with Crippen LogP contribution in [0.5, 0.6) is 5.75 Å². The highest BCUT2D eigenvalue weighted by atomic mass is 35.5. The fraction of sp³-hybridized carbons (Fsp3) is 0.0833. The van der Waals surface area contributed by atoms with Crippen LogP contribution >= 0.6 is 29.4 Å². The summed E-state index contributed by atoms with van der Waals surface area (Å²) in [5.41, 5.74) is 6.89. The van der Waals surface area contributed by atoms with Crippen LogP contribution in [0, 0.1) is 17.7 Å². The molecular weight excluding hydrogens is 659 g/mol. The van der Waals surface area contributed by atoms with Crippen molar-refractivity contribution in [2.45, 2.75) is 12.1 Å². The lowest BCUT2D eigenvalue weighted by Gasteiger charge is -2.34. The Hall–Kier alpha value is -4.15. The topological polar surface area (TPSA) is 67.6 Å². The van der Waals surface area contributed by atoms with Crippen molar-refractivity contribution in [3.63, 3.8) is 0 Å². The Labute approximate surface area is 282 Å². The summed E-state index contributed by atoms with van der Waals surface area (Å²) in [7, 11) is 1.60. The minimum atomic E-state index is -2.97. The number of hydrogen-bond acceptors (Lipinski definition) is 4. The number of halogens is 3. The van der Waals surface area contributed by atoms with Crippen molar-refractivity contribution in [1.82, 2.24) is 5.09 Å². The highest BCUT2D eigenvalue weighted by Gasteiger charge is 2.53. The summed E-state index contributed by atoms with van der Waals surface area (Å²) in [6, 6.07) is 34.5. The van der Waals surface area contributed by atoms with E-state index < -0.39 is 17.5 Å². The summed E-state index contributed by atoms with van der Waals surface area (Å²) in [5.74, 6) is 5.87. The number of fused-ring (bicyclic) bond motifs is 1. The van der Waals surface area contributed by atoms with Crippen LogP contribution in [-0.4, -0.2) is 13.0 Å². The number of nitrogens with two attached hydrogens (primary N) is 1. The summed E-state index contributed by atoms with van der Waals surface area (Å²) in [4.78, 5) is 16.7. The maximum Gasteiger partial charge on any atom is 0.265 e. The fourth-order valence-electron chi connectivity index (χ4n) is 5.42. The molecule has 1 aliphatic heterocycles. The first-order valence-electron chi connectivity index (χ1n) is 14.2. The first kappa shape index (κ1) is 31.8. The van der Waals surface area contributed by atoms with Gasteiger partial charge in [-0.1, -0.05) is 120 Å². The summed E-state index contributed by atoms with van der Waals surface area (Å²) in [6.07, 6.45) is -2.97. The van der Waals surface area contributed by atoms with E-state index in [4.69, 9.17) is 45.5 Å². The van der Waals surface area contributed by atoms with Crippen molar-refractivity contribution in [2.24, 2.45) is 0 Å². The summed E-state index contributed by atoms with van der Waals surface area (Å²) in [6.45, 7) is 0.236. The molecule has 0 radical (unpaired) electrons. The average molecular weight is 687 g/mol. The van der Waals surface area contributed by atoms with Gasteiger partial charge in [-0.15, -0.1) is 0 Å². The number of carbonyl (C=O) groups is 1. The average Bonchev–Trinajstić information content (AvgIpc) is 3.28. The second-order valence-electron chi connectivity index (χ2n) is 10.6. The quantitative estimate of drug-likeness (QED) is 0.108. The van der Waals surface area contributed by atoms with Crippen LogP contribution in [0.3, 0.4) is 0 Å². The SMILES string of the molecule is COc1ccc(CN2C(=O)[C@@](C#Cc3cc(F)c(Cl)cc3N)(NP(=S)(c3ccccc3)c3ccccc3)c3cc(Cl)ccc32)cc1. The fourth-order valence-corrected chi connectivity index (χ4v) is 9.39. The molecule has 1 heterocycles. The van der Waals surface area contributed by atoms with Crippen molar-refractivity contribution in [2.75, 3.05) is 17.7 Å². The molecule has 230 valence electrons. The smallest absolute Gasteiger partial charge is 0.265 e. The maximum absolute atomic E-state index is 15.0. The second kappa shape index (κ2) is 12.9. The van der Waals surface area contributed by atoms with Crippen LogP contribution in [0.4, 0.5) is 15.8 Å². The van der Waals surface area contributed by atoms with Gasteiger partial charge in [-0.2, -0.15) is 0 Å². The van der Waals surface area contributed by atoms with Gasteiger partial charge in [0.2, 0.25) is 0 Å². The molecule has 0 saturated heterocycles. The molecule has 0 spiro atoms. The largest absolute Gasteiger partial charge is 0.497 e. The molecule has 1 amide bonds. The Bertz CT molecular complexity index is 2010. The molecular formula is C36H27Cl2FN3O2PS. The van der Waals surface area contributed by atoms with Gasteiger partial charge in [0.15, 0.2) is 5.54 Å². The molecule has 46 heavy (non-hydrogen) atoms. The number of benzene rings is 5. The zero-order valence-electron chi connectivity index (χ0n) is 24.5. The third-order valence-corrected chi connectivity index (χ3v) is 12.5. The third kappa shape index (κ3) is 5.91. The van der Waals surface area contributed by atoms with Crippen molar-refractivity contribution in [3.8, 4) is 17.6 Å². The van der Waals surface area contributed by atoms with E-state index in [-0.39, 0.29) is 28.7 Å². The van der Waals surface area contributed by atoms with Gasteiger partial charge in [0, 0.05) is 26.9 Å². The van der Waals surface area contributed by atoms with Crippen molar-refractivity contribution in [1.29, 1.82) is 0 Å². The van der Waals surface area contributed by atoms with Gasteiger partial charge in [-0.25, -0.2) is 4.39 Å². The van der Waals surface area contributed by atoms with Crippen LogP contribution in [0.1, 0.15) is 16.7 Å². The molecule has 0 unspecified atom stereocenters. The van der Waals surface area contributed by atoms with E-state index in [1.165, 1.54) is 6.07 Å². The van der Waals surface area contributed by atoms with Gasteiger partial charge in [0.05, 0.1) is 36.1 Å². The van der Waals surface area contributed by atoms with Gasteiger partial charge in [0.1, 0.15) is 11.6 Å². The second-order valence-corrected chi connectivity index (χ2v) is 15.6. The van der Waals surface area contributed by atoms with Crippen LogP contribution in [0.15, 0.2) is 115 Å². The monoisotopic (exact) mass is 685 g/mol. The van der Waals surface area contributed by atoms with Crippen LogP contribution in [0.2, 0.25) is 10.0 Å². The Morgan fingerprint density at radius 3 is 2.17 bits per heavy atom. The Kier molecular flexibility index (Phi) is 8.94. The van der Waals surface area contributed by atoms with Crippen molar-refractivity contribution >= 4 is 69.1 Å². The zero-order chi connectivity index (χ0) is 32.5. The number of nitrogen functional groups attached to an aromatic ring is 1. The maximum atomic E-state index is 15.0. The van der Waals surface area contributed by atoms with Gasteiger partial charge in [-0.3, -0.25) is 9.88 Å². The lowest BCUT2D eigenvalue weighted by Crippen LogP contribution is -2.50. The first-order chi connectivity index (χ1) is 22.1. The number of carbonyl (C=O) groups excluding carboxylic acids is 1. The van der Waals surface area contributed by atoms with E-state index in [0.29, 0.717) is 22.0 Å². The van der Waals surface area contributed by atoms with Crippen molar-refractivity contribution in [3.05, 3.63) is 148 Å². The Morgan fingerprint density at radius 1 is 0.935 bits per heavy atom. The zero-order valence-corrected chi connectivity index (χ0v) is 27.7. The molecule has 0 aromatic heterocycles. The number of rotatable bonds is 7. The van der Waals surface area contributed by atoms with E-state index in [1.54, 1.807) is 30.2 Å². The molecule has 0 bridgehead atoms. The molecule has 3 N–H and O–H groups in total. The number of nitrogens with one attached hydrogen (secondary N) is 1. The molecule has 5 nitrogen and oxygen atoms in total. The molecule has 1 atom stereocenters. The third-order valence-electron chi connectivity index (χ3n) is 7.76. The molecule has 10 heteroatoms. The number of ether oxygens (including phenoxy) is 1. The normalized spacial score (nSPS) is 15.7. The summed E-state index contributed by atoms with van der Waals surface area (Å²) >= 11 is 19.1. The molecule has 0 saturated carbocycles. The molecule has 0 fully saturated rings. The van der Waals surface area contributed by atoms with Gasteiger partial charge < -0.3 is 15.4 Å². The van der Waals surface area contributed by atoms with Crippen LogP contribution in [-0.2, 0) is 28.7 Å². The standard InChI is InChI=1S/C36H27Cl2FN3O2PS/c1-44-27-15-12-24(13-16-27)23-42-34-17-14-26(37)21-30(34)36(35(42)43,19-18-25-20-32(39)31(38)22-33(25)40)41-45(46,28-8-4-2-5-9-28)29-10-6-3-7-11-29/h2-17,20-22H,23,40H2,1H3,(H,41,46)/t36-/m0/s1. The van der Waals surface area contributed by atoms with Gasteiger partial charge in [-0.05, 0) is 48.0 Å². The Morgan fingerprint density at radius 2 is 1.57 bits per heavy atom. The van der Waals surface area contributed by atoms with E-state index in [9.17, 15) is 4.39 Å². The van der Waals surface area contributed by atoms with Crippen LogP contribution < -0.4 is 31.1 Å². The van der Waals surface area contributed by atoms with Crippen molar-refractivity contribution < 1.29 is 13.9 Å². The predicted octanol–water partition coefficient (Wildman–Crippen LogP) is 7.15. The molecule has 0 aliphatic carbocycles.